The Morgan fingerprint density at radius 3 is 2.69 bits per heavy atom. The fourth-order valence-electron chi connectivity index (χ4n) is 4.38. The highest BCUT2D eigenvalue weighted by molar-refractivity contribution is 5.81. The molecular formula is C20H26N2O4. The lowest BCUT2D eigenvalue weighted by Gasteiger charge is -2.33. The van der Waals surface area contributed by atoms with E-state index in [0.29, 0.717) is 26.1 Å². The van der Waals surface area contributed by atoms with E-state index in [9.17, 15) is 9.59 Å². The Bertz CT molecular complexity index is 697. The monoisotopic (exact) mass is 358 g/mol. The third-order valence-corrected chi connectivity index (χ3v) is 5.68. The first kappa shape index (κ1) is 17.2. The molecule has 2 heterocycles. The summed E-state index contributed by atoms with van der Waals surface area (Å²) in [5.41, 5.74) is 0.742. The number of benzene rings is 1. The third-order valence-electron chi connectivity index (χ3n) is 5.68. The minimum atomic E-state index is -0.342. The highest BCUT2D eigenvalue weighted by Crippen LogP contribution is 2.42. The minimum absolute atomic E-state index is 0.00832. The number of amides is 2. The Balaban J connectivity index is 1.49. The van der Waals surface area contributed by atoms with Gasteiger partial charge in [0.25, 0.3) is 0 Å². The average molecular weight is 358 g/mol. The predicted octanol–water partition coefficient (Wildman–Crippen LogP) is 2.40. The quantitative estimate of drug-likeness (QED) is 0.867. The smallest absolute Gasteiger partial charge is 0.222 e. The molecule has 2 amide bonds. The number of rotatable bonds is 4. The van der Waals surface area contributed by atoms with Gasteiger partial charge in [0.2, 0.25) is 11.8 Å². The largest absolute Gasteiger partial charge is 0.486 e. The number of piperidine rings is 1. The van der Waals surface area contributed by atoms with E-state index in [4.69, 9.17) is 9.47 Å². The van der Waals surface area contributed by atoms with Gasteiger partial charge in [-0.1, -0.05) is 18.9 Å². The highest BCUT2D eigenvalue weighted by Gasteiger charge is 2.38. The molecule has 3 aliphatic rings. The van der Waals surface area contributed by atoms with Crippen molar-refractivity contribution in [3.8, 4) is 11.5 Å². The van der Waals surface area contributed by atoms with Gasteiger partial charge in [-0.2, -0.15) is 0 Å². The number of nitrogens with one attached hydrogen (secondary N) is 2. The summed E-state index contributed by atoms with van der Waals surface area (Å²) in [6.07, 6.45) is 6.68. The molecule has 26 heavy (non-hydrogen) atoms. The second-order valence-corrected chi connectivity index (χ2v) is 7.56. The van der Waals surface area contributed by atoms with E-state index >= 15 is 0 Å². The van der Waals surface area contributed by atoms with Gasteiger partial charge < -0.3 is 20.1 Å². The zero-order valence-electron chi connectivity index (χ0n) is 15.0. The molecule has 1 atom stereocenters. The molecule has 0 aromatic heterocycles. The summed E-state index contributed by atoms with van der Waals surface area (Å²) in [5.74, 6) is 1.59. The second kappa shape index (κ2) is 7.17. The number of carbonyl (C=O) groups excluding carboxylic acids is 2. The van der Waals surface area contributed by atoms with E-state index in [1.807, 2.05) is 18.2 Å². The Hall–Kier alpha value is -2.24. The summed E-state index contributed by atoms with van der Waals surface area (Å²) in [6.45, 7) is 1.12. The minimum Gasteiger partial charge on any atom is -0.486 e. The van der Waals surface area contributed by atoms with Crippen LogP contribution >= 0.6 is 0 Å². The van der Waals surface area contributed by atoms with Gasteiger partial charge in [-0.25, -0.2) is 0 Å². The molecule has 1 aliphatic carbocycles. The summed E-state index contributed by atoms with van der Waals surface area (Å²) < 4.78 is 11.3. The van der Waals surface area contributed by atoms with E-state index in [2.05, 4.69) is 10.6 Å². The summed E-state index contributed by atoms with van der Waals surface area (Å²) in [5, 5.41) is 6.22. The van der Waals surface area contributed by atoms with Gasteiger partial charge in [-0.3, -0.25) is 9.59 Å². The lowest BCUT2D eigenvalue weighted by molar-refractivity contribution is -0.126. The summed E-state index contributed by atoms with van der Waals surface area (Å²) in [6, 6.07) is 5.96. The third kappa shape index (κ3) is 3.50. The Morgan fingerprint density at radius 2 is 1.92 bits per heavy atom. The Kier molecular flexibility index (Phi) is 4.74. The average Bonchev–Trinajstić information content (AvgIpc) is 3.11. The van der Waals surface area contributed by atoms with Crippen molar-refractivity contribution >= 4 is 11.8 Å². The molecule has 140 valence electrons. The fourth-order valence-corrected chi connectivity index (χ4v) is 4.38. The van der Waals surface area contributed by atoms with Crippen molar-refractivity contribution in [1.82, 2.24) is 10.6 Å². The van der Waals surface area contributed by atoms with Crippen LogP contribution in [0.15, 0.2) is 18.2 Å². The van der Waals surface area contributed by atoms with Gasteiger partial charge in [0.1, 0.15) is 13.2 Å². The first-order valence-corrected chi connectivity index (χ1v) is 9.65. The lowest BCUT2D eigenvalue weighted by Crippen LogP contribution is -2.47. The molecule has 0 radical (unpaired) electrons. The number of fused-ring (bicyclic) bond motifs is 1. The van der Waals surface area contributed by atoms with Crippen molar-refractivity contribution in [1.29, 1.82) is 0 Å². The van der Waals surface area contributed by atoms with Gasteiger partial charge in [-0.05, 0) is 43.4 Å². The van der Waals surface area contributed by atoms with Crippen LogP contribution in [0.1, 0.15) is 56.9 Å². The van der Waals surface area contributed by atoms with Crippen LogP contribution in [0, 0.1) is 0 Å². The van der Waals surface area contributed by atoms with Gasteiger partial charge in [0.15, 0.2) is 11.5 Å². The number of carbonyl (C=O) groups is 2. The SMILES string of the molecule is O=C1CCCC(CC(=O)NC2(c3ccc4c(c3)OCCO4)CCCC2)N1. The Labute approximate surface area is 153 Å². The number of hydrogen-bond acceptors (Lipinski definition) is 4. The van der Waals surface area contributed by atoms with Gasteiger partial charge in [-0.15, -0.1) is 0 Å². The molecule has 2 aliphatic heterocycles. The summed E-state index contributed by atoms with van der Waals surface area (Å²) >= 11 is 0. The van der Waals surface area contributed by atoms with Crippen molar-refractivity contribution < 1.29 is 19.1 Å². The number of ether oxygens (including phenoxy) is 2. The van der Waals surface area contributed by atoms with Gasteiger partial charge in [0, 0.05) is 18.9 Å². The maximum Gasteiger partial charge on any atom is 0.222 e. The van der Waals surface area contributed by atoms with E-state index in [-0.39, 0.29) is 23.4 Å². The molecule has 0 spiro atoms. The zero-order chi connectivity index (χ0) is 18.0. The van der Waals surface area contributed by atoms with Gasteiger partial charge >= 0.3 is 0 Å². The van der Waals surface area contributed by atoms with Crippen LogP contribution in [0.3, 0.4) is 0 Å². The highest BCUT2D eigenvalue weighted by atomic mass is 16.6. The molecule has 2 N–H and O–H groups in total. The molecule has 1 saturated carbocycles. The molecular weight excluding hydrogens is 332 g/mol. The first-order valence-electron chi connectivity index (χ1n) is 9.65. The van der Waals surface area contributed by atoms with Crippen molar-refractivity contribution in [2.45, 2.75) is 62.9 Å². The fraction of sp³-hybridized carbons (Fsp3) is 0.600. The van der Waals surface area contributed by atoms with E-state index in [1.165, 1.54) is 0 Å². The molecule has 1 saturated heterocycles. The van der Waals surface area contributed by atoms with Crippen molar-refractivity contribution in [2.75, 3.05) is 13.2 Å². The first-order chi connectivity index (χ1) is 12.6. The molecule has 6 heteroatoms. The standard InChI is InChI=1S/C20H26N2O4/c23-18-5-3-4-15(21-18)13-19(24)22-20(8-1-2-9-20)14-6-7-16-17(12-14)26-11-10-25-16/h6-7,12,15H,1-5,8-11,13H2,(H,21,23)(H,22,24). The van der Waals surface area contributed by atoms with Crippen LogP contribution in [0.4, 0.5) is 0 Å². The molecule has 6 nitrogen and oxygen atoms in total. The van der Waals surface area contributed by atoms with Crippen LogP contribution in [0.5, 0.6) is 11.5 Å². The van der Waals surface area contributed by atoms with Crippen LogP contribution in [0.2, 0.25) is 0 Å². The predicted molar refractivity (Wildman–Crippen MR) is 96.1 cm³/mol. The van der Waals surface area contributed by atoms with Crippen LogP contribution in [-0.2, 0) is 15.1 Å². The zero-order valence-corrected chi connectivity index (χ0v) is 15.0. The molecule has 2 fully saturated rings. The lowest BCUT2D eigenvalue weighted by atomic mass is 9.87. The maximum atomic E-state index is 12.7. The molecule has 4 rings (SSSR count). The van der Waals surface area contributed by atoms with E-state index in [0.717, 1.165) is 55.6 Å². The van der Waals surface area contributed by atoms with Crippen molar-refractivity contribution in [3.63, 3.8) is 0 Å². The van der Waals surface area contributed by atoms with Crippen LogP contribution in [-0.4, -0.2) is 31.1 Å². The summed E-state index contributed by atoms with van der Waals surface area (Å²) in [7, 11) is 0. The molecule has 1 aromatic carbocycles. The molecule has 0 bridgehead atoms. The topological polar surface area (TPSA) is 76.7 Å². The second-order valence-electron chi connectivity index (χ2n) is 7.56. The van der Waals surface area contributed by atoms with Crippen molar-refractivity contribution in [3.05, 3.63) is 23.8 Å². The van der Waals surface area contributed by atoms with Crippen molar-refractivity contribution in [2.24, 2.45) is 0 Å². The number of hydrogen-bond donors (Lipinski definition) is 2. The van der Waals surface area contributed by atoms with E-state index in [1.54, 1.807) is 0 Å². The van der Waals surface area contributed by atoms with Crippen LogP contribution < -0.4 is 20.1 Å². The molecule has 1 aromatic rings. The van der Waals surface area contributed by atoms with Gasteiger partial charge in [0.05, 0.1) is 5.54 Å². The molecule has 1 unspecified atom stereocenters. The van der Waals surface area contributed by atoms with Crippen LogP contribution in [0.25, 0.3) is 0 Å². The van der Waals surface area contributed by atoms with E-state index < -0.39 is 0 Å². The Morgan fingerprint density at radius 1 is 1.15 bits per heavy atom. The maximum absolute atomic E-state index is 12.7. The summed E-state index contributed by atoms with van der Waals surface area (Å²) in [4.78, 5) is 24.3. The normalized spacial score (nSPS) is 24.0.